The molecule has 1 fully saturated rings. The Bertz CT molecular complexity index is 889. The Kier molecular flexibility index (Phi) is 5.91. The van der Waals surface area contributed by atoms with Crippen molar-refractivity contribution in [2.75, 3.05) is 6.54 Å². The van der Waals surface area contributed by atoms with Gasteiger partial charge in [0.25, 0.3) is 5.91 Å². The monoisotopic (exact) mass is 381 g/mol. The zero-order chi connectivity index (χ0) is 18.5. The quantitative estimate of drug-likeness (QED) is 0.402. The van der Waals surface area contributed by atoms with Gasteiger partial charge in [-0.25, -0.2) is 0 Å². The first-order valence-electron chi connectivity index (χ1n) is 8.22. The zero-order valence-corrected chi connectivity index (χ0v) is 16.1. The molecule has 0 saturated carbocycles. The Morgan fingerprint density at radius 2 is 2.04 bits per heavy atom. The van der Waals surface area contributed by atoms with Gasteiger partial charge in [0.2, 0.25) is 0 Å². The molecule has 26 heavy (non-hydrogen) atoms. The Labute approximate surface area is 163 Å². The maximum absolute atomic E-state index is 12.5. The van der Waals surface area contributed by atoms with Crippen LogP contribution in [0.3, 0.4) is 0 Å². The van der Waals surface area contributed by atoms with E-state index in [0.717, 1.165) is 16.9 Å². The summed E-state index contributed by atoms with van der Waals surface area (Å²) < 4.78 is 6.55. The molecule has 1 heterocycles. The molecule has 2 aromatic carbocycles. The summed E-state index contributed by atoms with van der Waals surface area (Å²) in [6.07, 6.45) is 3.51. The van der Waals surface area contributed by atoms with E-state index in [2.05, 4.69) is 25.6 Å². The molecule has 3 rings (SSSR count). The zero-order valence-electron chi connectivity index (χ0n) is 14.5. The average molecular weight is 382 g/mol. The first-order valence-corrected chi connectivity index (χ1v) is 9.44. The first kappa shape index (κ1) is 18.4. The van der Waals surface area contributed by atoms with Crippen LogP contribution in [0.15, 0.2) is 66.1 Å². The summed E-state index contributed by atoms with van der Waals surface area (Å²) in [5, 5.41) is 0. The highest BCUT2D eigenvalue weighted by molar-refractivity contribution is 8.26. The average Bonchev–Trinajstić information content (AvgIpc) is 2.89. The number of carbonyl (C=O) groups excluding carboxylic acids is 1. The Hall–Kier alpha value is -2.37. The van der Waals surface area contributed by atoms with Gasteiger partial charge in [0.05, 0.1) is 4.91 Å². The molecule has 1 aliphatic heterocycles. The highest BCUT2D eigenvalue weighted by Gasteiger charge is 2.31. The van der Waals surface area contributed by atoms with Gasteiger partial charge in [0, 0.05) is 12.1 Å². The predicted molar refractivity (Wildman–Crippen MR) is 112 cm³/mol. The summed E-state index contributed by atoms with van der Waals surface area (Å²) in [6, 6.07) is 15.9. The molecule has 0 unspecified atom stereocenters. The van der Waals surface area contributed by atoms with Crippen LogP contribution in [0, 0.1) is 6.92 Å². The second kappa shape index (κ2) is 8.34. The highest BCUT2D eigenvalue weighted by Crippen LogP contribution is 2.34. The third-order valence-corrected chi connectivity index (χ3v) is 5.25. The van der Waals surface area contributed by atoms with E-state index in [1.54, 1.807) is 11.0 Å². The molecule has 2 aromatic rings. The molecular formula is C21H19NO2S2. The number of benzene rings is 2. The topological polar surface area (TPSA) is 29.5 Å². The van der Waals surface area contributed by atoms with Crippen molar-refractivity contribution in [1.82, 2.24) is 4.90 Å². The van der Waals surface area contributed by atoms with Gasteiger partial charge in [-0.15, -0.1) is 6.58 Å². The van der Waals surface area contributed by atoms with Crippen LogP contribution in [-0.2, 0) is 11.4 Å². The summed E-state index contributed by atoms with van der Waals surface area (Å²) in [6.45, 7) is 6.63. The fourth-order valence-corrected chi connectivity index (χ4v) is 3.89. The van der Waals surface area contributed by atoms with Crippen LogP contribution in [-0.4, -0.2) is 21.7 Å². The molecule has 1 aliphatic rings. The Morgan fingerprint density at radius 1 is 1.23 bits per heavy atom. The van der Waals surface area contributed by atoms with E-state index in [1.807, 2.05) is 42.5 Å². The van der Waals surface area contributed by atoms with E-state index in [0.29, 0.717) is 22.4 Å². The van der Waals surface area contributed by atoms with Gasteiger partial charge in [-0.1, -0.05) is 78.1 Å². The van der Waals surface area contributed by atoms with Crippen molar-refractivity contribution in [3.63, 3.8) is 0 Å². The van der Waals surface area contributed by atoms with Crippen LogP contribution in [0.1, 0.15) is 16.7 Å². The lowest BCUT2D eigenvalue weighted by Crippen LogP contribution is -2.27. The standard InChI is InChI=1S/C21H19NO2S2/c1-3-11-22-20(23)19(26-21(22)25)13-17-9-4-5-10-18(17)24-14-16-8-6-7-15(2)12-16/h3-10,12-13H,1,11,14H2,2H3. The molecule has 0 N–H and O–H groups in total. The van der Waals surface area contributed by atoms with Crippen molar-refractivity contribution in [3.05, 3.63) is 82.8 Å². The van der Waals surface area contributed by atoms with Crippen molar-refractivity contribution < 1.29 is 9.53 Å². The molecule has 3 nitrogen and oxygen atoms in total. The first-order chi connectivity index (χ1) is 12.6. The molecule has 0 bridgehead atoms. The van der Waals surface area contributed by atoms with Gasteiger partial charge in [-0.2, -0.15) is 0 Å². The van der Waals surface area contributed by atoms with Gasteiger partial charge in [-0.3, -0.25) is 9.69 Å². The molecule has 5 heteroatoms. The summed E-state index contributed by atoms with van der Waals surface area (Å²) in [5.41, 5.74) is 3.17. The van der Waals surface area contributed by atoms with E-state index in [-0.39, 0.29) is 5.91 Å². The minimum atomic E-state index is -0.0895. The van der Waals surface area contributed by atoms with Crippen molar-refractivity contribution in [3.8, 4) is 5.75 Å². The number of rotatable bonds is 6. The number of ether oxygens (including phenoxy) is 1. The van der Waals surface area contributed by atoms with Gasteiger partial charge in [-0.05, 0) is 24.6 Å². The van der Waals surface area contributed by atoms with Gasteiger partial charge in [0.1, 0.15) is 16.7 Å². The van der Waals surface area contributed by atoms with Crippen LogP contribution >= 0.6 is 24.0 Å². The fraction of sp³-hybridized carbons (Fsp3) is 0.143. The number of amides is 1. The lowest BCUT2D eigenvalue weighted by atomic mass is 10.1. The number of hydrogen-bond donors (Lipinski definition) is 0. The van der Waals surface area contributed by atoms with E-state index >= 15 is 0 Å². The highest BCUT2D eigenvalue weighted by atomic mass is 32.2. The summed E-state index contributed by atoms with van der Waals surface area (Å²) in [4.78, 5) is 14.7. The maximum Gasteiger partial charge on any atom is 0.266 e. The van der Waals surface area contributed by atoms with Crippen molar-refractivity contribution in [1.29, 1.82) is 0 Å². The van der Waals surface area contributed by atoms with E-state index in [1.165, 1.54) is 17.3 Å². The molecule has 0 aromatic heterocycles. The Morgan fingerprint density at radius 3 is 2.81 bits per heavy atom. The van der Waals surface area contributed by atoms with Crippen LogP contribution in [0.5, 0.6) is 5.75 Å². The third-order valence-electron chi connectivity index (χ3n) is 3.87. The summed E-state index contributed by atoms with van der Waals surface area (Å²) >= 11 is 6.59. The smallest absolute Gasteiger partial charge is 0.266 e. The number of aryl methyl sites for hydroxylation is 1. The molecule has 1 saturated heterocycles. The van der Waals surface area contributed by atoms with E-state index in [9.17, 15) is 4.79 Å². The Balaban J connectivity index is 1.80. The lowest BCUT2D eigenvalue weighted by Gasteiger charge is -2.11. The molecule has 0 spiro atoms. The lowest BCUT2D eigenvalue weighted by molar-refractivity contribution is -0.121. The number of thiocarbonyl (C=S) groups is 1. The number of para-hydroxylation sites is 1. The summed E-state index contributed by atoms with van der Waals surface area (Å²) in [5.74, 6) is 0.649. The normalized spacial score (nSPS) is 15.6. The minimum Gasteiger partial charge on any atom is -0.488 e. The summed E-state index contributed by atoms with van der Waals surface area (Å²) in [7, 11) is 0. The van der Waals surface area contributed by atoms with Crippen LogP contribution in [0.2, 0.25) is 0 Å². The molecule has 132 valence electrons. The molecular weight excluding hydrogens is 362 g/mol. The maximum atomic E-state index is 12.5. The van der Waals surface area contributed by atoms with Crippen LogP contribution < -0.4 is 4.74 Å². The second-order valence-electron chi connectivity index (χ2n) is 5.90. The predicted octanol–water partition coefficient (Wildman–Crippen LogP) is 4.96. The van der Waals surface area contributed by atoms with Gasteiger partial charge < -0.3 is 4.74 Å². The van der Waals surface area contributed by atoms with E-state index < -0.39 is 0 Å². The molecule has 0 atom stereocenters. The number of thioether (sulfide) groups is 1. The minimum absolute atomic E-state index is 0.0895. The van der Waals surface area contributed by atoms with Crippen molar-refractivity contribution in [2.45, 2.75) is 13.5 Å². The second-order valence-corrected chi connectivity index (χ2v) is 7.57. The molecule has 0 aliphatic carbocycles. The number of hydrogen-bond acceptors (Lipinski definition) is 4. The fourth-order valence-electron chi connectivity index (χ4n) is 2.62. The molecule has 0 radical (unpaired) electrons. The van der Waals surface area contributed by atoms with Crippen LogP contribution in [0.25, 0.3) is 6.08 Å². The SMILES string of the molecule is C=CCN1C(=O)C(=Cc2ccccc2OCc2cccc(C)c2)SC1=S. The largest absolute Gasteiger partial charge is 0.488 e. The van der Waals surface area contributed by atoms with Gasteiger partial charge in [0.15, 0.2) is 0 Å². The number of nitrogens with zero attached hydrogens (tertiary/aromatic N) is 1. The van der Waals surface area contributed by atoms with E-state index in [4.69, 9.17) is 17.0 Å². The van der Waals surface area contributed by atoms with Gasteiger partial charge >= 0.3 is 0 Å². The third kappa shape index (κ3) is 4.23. The molecule has 1 amide bonds. The number of carbonyl (C=O) groups is 1. The van der Waals surface area contributed by atoms with Crippen molar-refractivity contribution in [2.24, 2.45) is 0 Å². The van der Waals surface area contributed by atoms with Crippen LogP contribution in [0.4, 0.5) is 0 Å². The van der Waals surface area contributed by atoms with Crippen molar-refractivity contribution >= 4 is 40.3 Å².